The van der Waals surface area contributed by atoms with Gasteiger partial charge in [0, 0.05) is 0 Å². The van der Waals surface area contributed by atoms with E-state index >= 15 is 0 Å². The van der Waals surface area contributed by atoms with Crippen LogP contribution in [0.5, 0.6) is 0 Å². The molecular weight excluding hydrogens is 188 g/mol. The summed E-state index contributed by atoms with van der Waals surface area (Å²) >= 11 is 2.68. The van der Waals surface area contributed by atoms with Gasteiger partial charge in [-0.05, 0) is 0 Å². The van der Waals surface area contributed by atoms with Gasteiger partial charge in [-0.25, -0.2) is 4.79 Å². The van der Waals surface area contributed by atoms with Crippen molar-refractivity contribution in [1.29, 1.82) is 0 Å². The minimum absolute atomic E-state index is 0.109. The molecule has 0 aliphatic rings. The standard InChI is InChI=1S/C3H3BrO3.C2H6/c4-1-2(5)3(6)7;1-2/h1H2,(H,6,7);1-2H3. The van der Waals surface area contributed by atoms with Crippen molar-refractivity contribution in [3.05, 3.63) is 0 Å². The Kier molecular flexibility index (Phi) is 9.67. The van der Waals surface area contributed by atoms with Crippen molar-refractivity contribution in [3.63, 3.8) is 0 Å². The zero-order valence-corrected chi connectivity index (χ0v) is 6.93. The molecule has 0 amide bonds. The van der Waals surface area contributed by atoms with Crippen LogP contribution in [0.2, 0.25) is 0 Å². The van der Waals surface area contributed by atoms with Crippen LogP contribution in [-0.2, 0) is 9.59 Å². The lowest BCUT2D eigenvalue weighted by atomic mass is 10.5. The van der Waals surface area contributed by atoms with Gasteiger partial charge >= 0.3 is 5.97 Å². The van der Waals surface area contributed by atoms with E-state index in [1.165, 1.54) is 0 Å². The quantitative estimate of drug-likeness (QED) is 0.531. The van der Waals surface area contributed by atoms with Crippen LogP contribution in [0.3, 0.4) is 0 Å². The van der Waals surface area contributed by atoms with Gasteiger partial charge in [-0.2, -0.15) is 0 Å². The summed E-state index contributed by atoms with van der Waals surface area (Å²) in [5, 5.41) is 7.69. The van der Waals surface area contributed by atoms with Gasteiger partial charge in [-0.3, -0.25) is 4.79 Å². The number of carbonyl (C=O) groups is 2. The van der Waals surface area contributed by atoms with E-state index in [0.29, 0.717) is 0 Å². The zero-order chi connectivity index (χ0) is 7.86. The Morgan fingerprint density at radius 2 is 1.78 bits per heavy atom. The molecule has 0 saturated carbocycles. The number of aliphatic carboxylic acids is 1. The summed E-state index contributed by atoms with van der Waals surface area (Å²) in [6.45, 7) is 4.00. The summed E-state index contributed by atoms with van der Waals surface area (Å²) in [7, 11) is 0. The Balaban J connectivity index is 0. The van der Waals surface area contributed by atoms with Crippen molar-refractivity contribution in [1.82, 2.24) is 0 Å². The first kappa shape index (κ1) is 11.4. The number of hydrogen-bond donors (Lipinski definition) is 1. The van der Waals surface area contributed by atoms with Crippen LogP contribution in [0.15, 0.2) is 0 Å². The molecular formula is C5H9BrO3. The van der Waals surface area contributed by atoms with E-state index in [0.717, 1.165) is 0 Å². The normalized spacial score (nSPS) is 7.00. The van der Waals surface area contributed by atoms with Gasteiger partial charge < -0.3 is 5.11 Å². The molecule has 0 atom stereocenters. The number of carbonyl (C=O) groups excluding carboxylic acids is 1. The summed E-state index contributed by atoms with van der Waals surface area (Å²) in [5.41, 5.74) is 0. The number of halogens is 1. The van der Waals surface area contributed by atoms with Crippen molar-refractivity contribution in [2.24, 2.45) is 0 Å². The fourth-order valence-corrected chi connectivity index (χ4v) is 0.297. The van der Waals surface area contributed by atoms with Crippen LogP contribution in [0, 0.1) is 0 Å². The molecule has 1 N–H and O–H groups in total. The van der Waals surface area contributed by atoms with Crippen LogP contribution in [0.1, 0.15) is 13.8 Å². The molecule has 0 rings (SSSR count). The molecule has 0 aromatic rings. The van der Waals surface area contributed by atoms with Crippen molar-refractivity contribution in [2.75, 3.05) is 5.33 Å². The van der Waals surface area contributed by atoms with Crippen molar-refractivity contribution in [3.8, 4) is 0 Å². The third kappa shape index (κ3) is 7.62. The van der Waals surface area contributed by atoms with Crippen LogP contribution in [0.4, 0.5) is 0 Å². The Morgan fingerprint density at radius 1 is 1.44 bits per heavy atom. The first-order valence-corrected chi connectivity index (χ1v) is 3.62. The predicted octanol–water partition coefficient (Wildman–Crippen LogP) is 1.06. The molecule has 0 saturated heterocycles. The molecule has 54 valence electrons. The molecule has 0 aromatic carbocycles. The maximum Gasteiger partial charge on any atom is 0.373 e. The lowest BCUT2D eigenvalue weighted by Crippen LogP contribution is -2.12. The van der Waals surface area contributed by atoms with Gasteiger partial charge in [0.1, 0.15) is 0 Å². The van der Waals surface area contributed by atoms with Crippen LogP contribution >= 0.6 is 15.9 Å². The van der Waals surface area contributed by atoms with Crippen molar-refractivity contribution in [2.45, 2.75) is 13.8 Å². The van der Waals surface area contributed by atoms with E-state index in [1.54, 1.807) is 0 Å². The number of alkyl halides is 1. The highest BCUT2D eigenvalue weighted by Crippen LogP contribution is 1.80. The first-order chi connectivity index (χ1) is 4.18. The average molecular weight is 197 g/mol. The monoisotopic (exact) mass is 196 g/mol. The first-order valence-electron chi connectivity index (χ1n) is 2.50. The fraction of sp³-hybridized carbons (Fsp3) is 0.600. The number of rotatable bonds is 2. The molecule has 0 bridgehead atoms. The number of ketones is 1. The van der Waals surface area contributed by atoms with Gasteiger partial charge in [-0.15, -0.1) is 0 Å². The third-order valence-electron chi connectivity index (χ3n) is 0.360. The summed E-state index contributed by atoms with van der Waals surface area (Å²) in [6.07, 6.45) is 0. The molecule has 3 nitrogen and oxygen atoms in total. The molecule has 0 heterocycles. The van der Waals surface area contributed by atoms with Crippen molar-refractivity contribution >= 4 is 27.7 Å². The second-order valence-electron chi connectivity index (χ2n) is 0.862. The summed E-state index contributed by atoms with van der Waals surface area (Å²) in [6, 6.07) is 0. The van der Waals surface area contributed by atoms with Crippen molar-refractivity contribution < 1.29 is 14.7 Å². The minimum Gasteiger partial charge on any atom is -0.475 e. The second kappa shape index (κ2) is 7.62. The van der Waals surface area contributed by atoms with E-state index in [2.05, 4.69) is 15.9 Å². The number of carboxylic acid groups (broad SMARTS) is 1. The summed E-state index contributed by atoms with van der Waals surface area (Å²) in [4.78, 5) is 19.4. The van der Waals surface area contributed by atoms with Gasteiger partial charge in [0.25, 0.3) is 0 Å². The summed E-state index contributed by atoms with van der Waals surface area (Å²) < 4.78 is 0. The molecule has 0 aliphatic carbocycles. The molecule has 4 heteroatoms. The lowest BCUT2D eigenvalue weighted by Gasteiger charge is -1.79. The lowest BCUT2D eigenvalue weighted by molar-refractivity contribution is -0.147. The summed E-state index contributed by atoms with van der Waals surface area (Å²) in [5.74, 6) is -2.21. The number of carboxylic acids is 1. The number of hydrogen-bond acceptors (Lipinski definition) is 2. The van der Waals surface area contributed by atoms with E-state index < -0.39 is 11.8 Å². The SMILES string of the molecule is CC.O=C(O)C(=O)CBr. The highest BCUT2D eigenvalue weighted by atomic mass is 79.9. The smallest absolute Gasteiger partial charge is 0.373 e. The predicted molar refractivity (Wildman–Crippen MR) is 37.8 cm³/mol. The largest absolute Gasteiger partial charge is 0.475 e. The second-order valence-corrected chi connectivity index (χ2v) is 1.42. The van der Waals surface area contributed by atoms with Crippen LogP contribution in [0.25, 0.3) is 0 Å². The molecule has 0 radical (unpaired) electrons. The van der Waals surface area contributed by atoms with Crippen LogP contribution in [-0.4, -0.2) is 22.2 Å². The minimum atomic E-state index is -1.39. The number of Topliss-reactive ketones (excluding diaryl/α,β-unsaturated/α-hetero) is 1. The van der Waals surface area contributed by atoms with E-state index in [9.17, 15) is 9.59 Å². The molecule has 0 fully saturated rings. The highest BCUT2D eigenvalue weighted by Gasteiger charge is 2.06. The van der Waals surface area contributed by atoms with Gasteiger partial charge in [0.15, 0.2) is 0 Å². The molecule has 9 heavy (non-hydrogen) atoms. The molecule has 0 unspecified atom stereocenters. The van der Waals surface area contributed by atoms with E-state index in [1.807, 2.05) is 13.8 Å². The molecule has 0 spiro atoms. The topological polar surface area (TPSA) is 54.4 Å². The average Bonchev–Trinajstić information content (AvgIpc) is 1.91. The highest BCUT2D eigenvalue weighted by molar-refractivity contribution is 9.09. The Labute approximate surface area is 62.2 Å². The Morgan fingerprint density at radius 3 is 1.78 bits per heavy atom. The van der Waals surface area contributed by atoms with Gasteiger partial charge in [0.05, 0.1) is 5.33 Å². The Hall–Kier alpha value is -0.380. The van der Waals surface area contributed by atoms with E-state index in [4.69, 9.17) is 5.11 Å². The van der Waals surface area contributed by atoms with Gasteiger partial charge in [0.2, 0.25) is 5.78 Å². The van der Waals surface area contributed by atoms with Gasteiger partial charge in [-0.1, -0.05) is 29.8 Å². The maximum atomic E-state index is 9.87. The third-order valence-corrected chi connectivity index (χ3v) is 0.869. The van der Waals surface area contributed by atoms with E-state index in [-0.39, 0.29) is 5.33 Å². The zero-order valence-electron chi connectivity index (χ0n) is 5.35. The Bertz CT molecular complexity index is 100. The maximum absolute atomic E-state index is 9.87. The fourth-order valence-electron chi connectivity index (χ4n) is 0.0572. The van der Waals surface area contributed by atoms with Crippen LogP contribution < -0.4 is 0 Å². The molecule has 0 aromatic heterocycles. The molecule has 0 aliphatic heterocycles.